The van der Waals surface area contributed by atoms with E-state index in [1.54, 1.807) is 0 Å². The summed E-state index contributed by atoms with van der Waals surface area (Å²) in [6.07, 6.45) is 15.4. The summed E-state index contributed by atoms with van der Waals surface area (Å²) in [6.45, 7) is 4.46. The van der Waals surface area contributed by atoms with Crippen molar-refractivity contribution in [2.45, 2.75) is 116 Å². The average molecular weight is 467 g/mol. The molecular formula is C31H46O3. The third kappa shape index (κ3) is 10.8. The second-order valence-corrected chi connectivity index (χ2v) is 9.56. The summed E-state index contributed by atoms with van der Waals surface area (Å²) in [4.78, 5) is 11.5. The fourth-order valence-electron chi connectivity index (χ4n) is 4.85. The standard InChI is InChI=1S/C31H46O3/c1-3-5-11-21-27-22-17-24-29(28(27)23-12-6-4-2)30(34-31(32)33)25-16-9-7-8-13-18-26-19-14-10-15-20-26/h10,14-15,17,19-20,22,24,30H,3-9,11-13,16,18,21,23,25H2,1-2H3,(H,32,33). The molecule has 1 atom stereocenters. The number of aryl methyl sites for hydroxylation is 2. The first-order valence-corrected chi connectivity index (χ1v) is 13.7. The molecule has 0 heterocycles. The second kappa shape index (κ2) is 17.2. The lowest BCUT2D eigenvalue weighted by atomic mass is 9.89. The molecule has 0 saturated heterocycles. The van der Waals surface area contributed by atoms with Gasteiger partial charge in [-0.3, -0.25) is 0 Å². The fraction of sp³-hybridized carbons (Fsp3) is 0.581. The lowest BCUT2D eigenvalue weighted by molar-refractivity contribution is 0.0460. The van der Waals surface area contributed by atoms with Gasteiger partial charge in [0.15, 0.2) is 0 Å². The molecule has 0 radical (unpaired) electrons. The van der Waals surface area contributed by atoms with Crippen LogP contribution in [0.4, 0.5) is 4.79 Å². The summed E-state index contributed by atoms with van der Waals surface area (Å²) in [6, 6.07) is 17.1. The second-order valence-electron chi connectivity index (χ2n) is 9.56. The molecule has 3 nitrogen and oxygen atoms in total. The Bertz CT molecular complexity index is 800. The van der Waals surface area contributed by atoms with Crippen molar-refractivity contribution in [1.29, 1.82) is 0 Å². The zero-order valence-electron chi connectivity index (χ0n) is 21.6. The minimum absolute atomic E-state index is 0.357. The Hall–Kier alpha value is -2.29. The van der Waals surface area contributed by atoms with Gasteiger partial charge in [-0.1, -0.05) is 107 Å². The summed E-state index contributed by atoms with van der Waals surface area (Å²) in [7, 11) is 0. The normalized spacial score (nSPS) is 11.9. The molecule has 0 bridgehead atoms. The van der Waals surface area contributed by atoms with Crippen LogP contribution in [0.3, 0.4) is 0 Å². The van der Waals surface area contributed by atoms with Crippen molar-refractivity contribution in [3.8, 4) is 0 Å². The highest BCUT2D eigenvalue weighted by atomic mass is 16.7. The Labute approximate surface area is 207 Å². The highest BCUT2D eigenvalue weighted by Crippen LogP contribution is 2.31. The summed E-state index contributed by atoms with van der Waals surface area (Å²) in [5, 5.41) is 9.45. The molecule has 0 amide bonds. The van der Waals surface area contributed by atoms with Crippen LogP contribution < -0.4 is 0 Å². The van der Waals surface area contributed by atoms with Crippen molar-refractivity contribution in [3.63, 3.8) is 0 Å². The number of rotatable bonds is 18. The minimum atomic E-state index is -1.16. The Morgan fingerprint density at radius 1 is 0.735 bits per heavy atom. The zero-order chi connectivity index (χ0) is 24.4. The minimum Gasteiger partial charge on any atom is -0.450 e. The van der Waals surface area contributed by atoms with E-state index in [1.807, 2.05) is 0 Å². The summed E-state index contributed by atoms with van der Waals surface area (Å²) in [5.41, 5.74) is 5.26. The fourth-order valence-corrected chi connectivity index (χ4v) is 4.85. The lowest BCUT2D eigenvalue weighted by Crippen LogP contribution is -2.13. The van der Waals surface area contributed by atoms with Gasteiger partial charge in [-0.2, -0.15) is 0 Å². The predicted molar refractivity (Wildman–Crippen MR) is 143 cm³/mol. The molecule has 3 heteroatoms. The third-order valence-corrected chi connectivity index (χ3v) is 6.75. The molecule has 0 aliphatic rings. The van der Waals surface area contributed by atoms with Gasteiger partial charge in [0.2, 0.25) is 0 Å². The van der Waals surface area contributed by atoms with E-state index in [9.17, 15) is 9.90 Å². The van der Waals surface area contributed by atoms with Gasteiger partial charge in [-0.25, -0.2) is 4.79 Å². The molecule has 34 heavy (non-hydrogen) atoms. The number of unbranched alkanes of at least 4 members (excludes halogenated alkanes) is 8. The van der Waals surface area contributed by atoms with Crippen LogP contribution in [0.2, 0.25) is 0 Å². The van der Waals surface area contributed by atoms with Crippen LogP contribution in [0.15, 0.2) is 48.5 Å². The van der Waals surface area contributed by atoms with Crippen molar-refractivity contribution < 1.29 is 14.6 Å². The highest BCUT2D eigenvalue weighted by molar-refractivity contribution is 5.57. The van der Waals surface area contributed by atoms with Gasteiger partial charge < -0.3 is 9.84 Å². The van der Waals surface area contributed by atoms with Crippen LogP contribution in [0.1, 0.15) is 119 Å². The molecule has 0 fully saturated rings. The molecule has 2 rings (SSSR count). The molecule has 2 aromatic rings. The molecule has 0 spiro atoms. The maximum atomic E-state index is 11.5. The van der Waals surface area contributed by atoms with Crippen LogP contribution in [0.5, 0.6) is 0 Å². The Morgan fingerprint density at radius 2 is 1.38 bits per heavy atom. The molecule has 0 saturated carbocycles. The number of carboxylic acid groups (broad SMARTS) is 1. The lowest BCUT2D eigenvalue weighted by Gasteiger charge is -2.22. The van der Waals surface area contributed by atoms with Crippen molar-refractivity contribution >= 4 is 6.16 Å². The third-order valence-electron chi connectivity index (χ3n) is 6.75. The highest BCUT2D eigenvalue weighted by Gasteiger charge is 2.21. The van der Waals surface area contributed by atoms with Gasteiger partial charge in [0, 0.05) is 0 Å². The van der Waals surface area contributed by atoms with Crippen molar-refractivity contribution in [2.75, 3.05) is 0 Å². The Morgan fingerprint density at radius 3 is 2.09 bits per heavy atom. The largest absolute Gasteiger partial charge is 0.506 e. The van der Waals surface area contributed by atoms with E-state index >= 15 is 0 Å². The van der Waals surface area contributed by atoms with Crippen LogP contribution in [0, 0.1) is 0 Å². The first-order chi connectivity index (χ1) is 16.7. The van der Waals surface area contributed by atoms with E-state index < -0.39 is 6.16 Å². The van der Waals surface area contributed by atoms with Gasteiger partial charge in [-0.15, -0.1) is 0 Å². The molecule has 1 N–H and O–H groups in total. The van der Waals surface area contributed by atoms with Crippen molar-refractivity contribution in [2.24, 2.45) is 0 Å². The summed E-state index contributed by atoms with van der Waals surface area (Å²) >= 11 is 0. The number of hydrogen-bond acceptors (Lipinski definition) is 2. The number of carbonyl (C=O) groups is 1. The van der Waals surface area contributed by atoms with Gasteiger partial charge in [-0.05, 0) is 73.6 Å². The first kappa shape index (κ1) is 28.0. The van der Waals surface area contributed by atoms with E-state index in [1.165, 1.54) is 68.1 Å². The summed E-state index contributed by atoms with van der Waals surface area (Å²) < 4.78 is 5.47. The molecular weight excluding hydrogens is 420 g/mol. The number of hydrogen-bond donors (Lipinski definition) is 1. The van der Waals surface area contributed by atoms with Gasteiger partial charge >= 0.3 is 6.16 Å². The number of ether oxygens (including phenoxy) is 1. The SMILES string of the molecule is CCCCCc1cccc(C(CCCCCCCc2ccccc2)OC(=O)O)c1CCCCC. The smallest absolute Gasteiger partial charge is 0.450 e. The molecule has 1 unspecified atom stereocenters. The van der Waals surface area contributed by atoms with Crippen LogP contribution >= 0.6 is 0 Å². The Balaban J connectivity index is 1.95. The molecule has 0 aromatic heterocycles. The van der Waals surface area contributed by atoms with Crippen LogP contribution in [0.25, 0.3) is 0 Å². The van der Waals surface area contributed by atoms with E-state index in [0.717, 1.165) is 50.5 Å². The summed E-state index contributed by atoms with van der Waals surface area (Å²) in [5.74, 6) is 0. The maximum Gasteiger partial charge on any atom is 0.506 e. The zero-order valence-corrected chi connectivity index (χ0v) is 21.6. The van der Waals surface area contributed by atoms with Crippen molar-refractivity contribution in [1.82, 2.24) is 0 Å². The predicted octanol–water partition coefficient (Wildman–Crippen LogP) is 9.47. The van der Waals surface area contributed by atoms with E-state index in [-0.39, 0.29) is 6.10 Å². The molecule has 0 aliphatic heterocycles. The monoisotopic (exact) mass is 466 g/mol. The van der Waals surface area contributed by atoms with E-state index in [4.69, 9.17) is 4.74 Å². The molecule has 188 valence electrons. The molecule has 0 aliphatic carbocycles. The van der Waals surface area contributed by atoms with Gasteiger partial charge in [0.05, 0.1) is 0 Å². The van der Waals surface area contributed by atoms with Gasteiger partial charge in [0.1, 0.15) is 6.10 Å². The topological polar surface area (TPSA) is 46.5 Å². The van der Waals surface area contributed by atoms with E-state index in [2.05, 4.69) is 62.4 Å². The van der Waals surface area contributed by atoms with Gasteiger partial charge in [0.25, 0.3) is 0 Å². The number of benzene rings is 2. The average Bonchev–Trinajstić information content (AvgIpc) is 2.84. The van der Waals surface area contributed by atoms with Crippen LogP contribution in [-0.4, -0.2) is 11.3 Å². The maximum absolute atomic E-state index is 11.5. The van der Waals surface area contributed by atoms with E-state index in [0.29, 0.717) is 0 Å². The van der Waals surface area contributed by atoms with Crippen molar-refractivity contribution in [3.05, 3.63) is 70.8 Å². The first-order valence-electron chi connectivity index (χ1n) is 13.7. The van der Waals surface area contributed by atoms with Crippen LogP contribution in [-0.2, 0) is 24.0 Å². The molecule has 2 aromatic carbocycles. The quantitative estimate of drug-likeness (QED) is 0.176. The Kier molecular flexibility index (Phi) is 14.1.